The third kappa shape index (κ3) is 3.61. The average Bonchev–Trinajstić information content (AvgIpc) is 2.32. The van der Waals surface area contributed by atoms with Crippen molar-refractivity contribution in [3.63, 3.8) is 0 Å². The Bertz CT molecular complexity index is 488. The van der Waals surface area contributed by atoms with Crippen molar-refractivity contribution >= 4 is 23.3 Å². The highest BCUT2D eigenvalue weighted by molar-refractivity contribution is 6.31. The maximum absolute atomic E-state index is 12.1. The van der Waals surface area contributed by atoms with Gasteiger partial charge in [-0.15, -0.1) is 0 Å². The number of piperidine rings is 1. The lowest BCUT2D eigenvalue weighted by Gasteiger charge is -2.36. The maximum Gasteiger partial charge on any atom is 0.321 e. The highest BCUT2D eigenvalue weighted by Crippen LogP contribution is 2.23. The van der Waals surface area contributed by atoms with Gasteiger partial charge in [0, 0.05) is 17.3 Å². The summed E-state index contributed by atoms with van der Waals surface area (Å²) in [4.78, 5) is 13.7. The van der Waals surface area contributed by atoms with Crippen molar-refractivity contribution in [2.24, 2.45) is 0 Å². The van der Waals surface area contributed by atoms with Gasteiger partial charge in [-0.1, -0.05) is 17.7 Å². The number of hydrogen-bond donors (Lipinski definition) is 2. The summed E-state index contributed by atoms with van der Waals surface area (Å²) in [6.45, 7) is 4.70. The molecule has 0 aliphatic carbocycles. The van der Waals surface area contributed by atoms with E-state index in [9.17, 15) is 9.90 Å². The number of benzene rings is 1. The highest BCUT2D eigenvalue weighted by atomic mass is 35.5. The number of amides is 2. The van der Waals surface area contributed by atoms with E-state index in [1.165, 1.54) is 0 Å². The van der Waals surface area contributed by atoms with Gasteiger partial charge in [-0.3, -0.25) is 0 Å². The van der Waals surface area contributed by atoms with Crippen molar-refractivity contribution in [1.82, 2.24) is 4.90 Å². The van der Waals surface area contributed by atoms with Crippen LogP contribution < -0.4 is 5.32 Å². The highest BCUT2D eigenvalue weighted by Gasteiger charge is 2.30. The minimum Gasteiger partial charge on any atom is -0.388 e. The van der Waals surface area contributed by atoms with Gasteiger partial charge in [-0.2, -0.15) is 0 Å². The van der Waals surface area contributed by atoms with Gasteiger partial charge >= 0.3 is 6.03 Å². The molecule has 0 radical (unpaired) electrons. The summed E-state index contributed by atoms with van der Waals surface area (Å²) in [5.41, 5.74) is 0.854. The number of aliphatic hydroxyl groups is 1. The second-order valence-electron chi connectivity index (χ2n) is 5.42. The fraction of sp³-hybridized carbons (Fsp3) is 0.500. The summed E-state index contributed by atoms with van der Waals surface area (Å²) in [7, 11) is 0. The van der Waals surface area contributed by atoms with Crippen LogP contribution in [0, 0.1) is 6.92 Å². The van der Waals surface area contributed by atoms with E-state index < -0.39 is 5.60 Å². The summed E-state index contributed by atoms with van der Waals surface area (Å²) in [6, 6.07) is 5.22. The lowest BCUT2D eigenvalue weighted by atomic mass is 9.95. The molecule has 1 aromatic rings. The van der Waals surface area contributed by atoms with E-state index in [1.54, 1.807) is 17.9 Å². The van der Waals surface area contributed by atoms with Gasteiger partial charge in [0.15, 0.2) is 0 Å². The summed E-state index contributed by atoms with van der Waals surface area (Å²) < 4.78 is 0. The quantitative estimate of drug-likeness (QED) is 0.832. The smallest absolute Gasteiger partial charge is 0.321 e. The molecular weight excluding hydrogens is 264 g/mol. The molecule has 5 heteroatoms. The monoisotopic (exact) mass is 282 g/mol. The van der Waals surface area contributed by atoms with Crippen LogP contribution in [0.2, 0.25) is 5.02 Å². The van der Waals surface area contributed by atoms with E-state index in [2.05, 4.69) is 5.32 Å². The van der Waals surface area contributed by atoms with Crippen LogP contribution in [0.1, 0.15) is 25.3 Å². The molecule has 1 heterocycles. The number of likely N-dealkylation sites (tertiary alicyclic amines) is 1. The number of nitrogens with one attached hydrogen (secondary N) is 1. The van der Waals surface area contributed by atoms with Crippen molar-refractivity contribution in [3.05, 3.63) is 28.8 Å². The molecule has 2 rings (SSSR count). The summed E-state index contributed by atoms with van der Waals surface area (Å²) in [5, 5.41) is 13.4. The molecule has 4 nitrogen and oxygen atoms in total. The SMILES string of the molecule is Cc1ccc(NC(=O)N2CCCC(C)(O)C2)cc1Cl. The number of anilines is 1. The molecule has 0 spiro atoms. The van der Waals surface area contributed by atoms with Crippen molar-refractivity contribution in [2.75, 3.05) is 18.4 Å². The summed E-state index contributed by atoms with van der Waals surface area (Å²) in [5.74, 6) is 0. The van der Waals surface area contributed by atoms with Crippen LogP contribution in [0.4, 0.5) is 10.5 Å². The van der Waals surface area contributed by atoms with E-state index in [-0.39, 0.29) is 6.03 Å². The fourth-order valence-electron chi connectivity index (χ4n) is 2.27. The minimum absolute atomic E-state index is 0.195. The molecule has 0 saturated carbocycles. The number of aryl methyl sites for hydroxylation is 1. The lowest BCUT2D eigenvalue weighted by Crippen LogP contribution is -2.49. The number of rotatable bonds is 1. The van der Waals surface area contributed by atoms with Gasteiger partial charge in [-0.05, 0) is 44.4 Å². The number of hydrogen-bond acceptors (Lipinski definition) is 2. The number of carbonyl (C=O) groups is 1. The zero-order valence-corrected chi connectivity index (χ0v) is 12.0. The van der Waals surface area contributed by atoms with Gasteiger partial charge in [0.25, 0.3) is 0 Å². The second-order valence-corrected chi connectivity index (χ2v) is 5.82. The van der Waals surface area contributed by atoms with Crippen LogP contribution in [-0.2, 0) is 0 Å². The molecule has 0 aromatic heterocycles. The molecule has 2 amide bonds. The Morgan fingerprint density at radius 1 is 1.53 bits per heavy atom. The molecule has 1 aliphatic heterocycles. The number of halogens is 1. The van der Waals surface area contributed by atoms with Gasteiger partial charge in [0.05, 0.1) is 12.1 Å². The topological polar surface area (TPSA) is 52.6 Å². The molecule has 1 fully saturated rings. The standard InChI is InChI=1S/C14H19ClN2O2/c1-10-4-5-11(8-12(10)15)16-13(18)17-7-3-6-14(2,19)9-17/h4-5,8,19H,3,6-7,9H2,1-2H3,(H,16,18). The van der Waals surface area contributed by atoms with Crippen molar-refractivity contribution in [2.45, 2.75) is 32.3 Å². The van der Waals surface area contributed by atoms with E-state index in [0.717, 1.165) is 18.4 Å². The minimum atomic E-state index is -0.791. The first-order valence-electron chi connectivity index (χ1n) is 6.42. The number of carbonyl (C=O) groups excluding carboxylic acids is 1. The Balaban J connectivity index is 2.02. The molecule has 1 atom stereocenters. The van der Waals surface area contributed by atoms with Crippen molar-refractivity contribution < 1.29 is 9.90 Å². The third-order valence-corrected chi connectivity index (χ3v) is 3.79. The van der Waals surface area contributed by atoms with E-state index in [1.807, 2.05) is 19.1 Å². The Kier molecular flexibility index (Phi) is 4.02. The first-order chi connectivity index (χ1) is 8.87. The Morgan fingerprint density at radius 2 is 2.26 bits per heavy atom. The Labute approximate surface area is 118 Å². The maximum atomic E-state index is 12.1. The number of nitrogens with zero attached hydrogens (tertiary/aromatic N) is 1. The largest absolute Gasteiger partial charge is 0.388 e. The molecule has 1 unspecified atom stereocenters. The zero-order chi connectivity index (χ0) is 14.0. The van der Waals surface area contributed by atoms with Crippen LogP contribution in [0.25, 0.3) is 0 Å². The summed E-state index contributed by atoms with van der Waals surface area (Å²) >= 11 is 6.02. The van der Waals surface area contributed by atoms with E-state index >= 15 is 0 Å². The fourth-order valence-corrected chi connectivity index (χ4v) is 2.45. The first-order valence-corrected chi connectivity index (χ1v) is 6.80. The van der Waals surface area contributed by atoms with Crippen LogP contribution in [-0.4, -0.2) is 34.7 Å². The first kappa shape index (κ1) is 14.2. The number of β-amino-alcohol motifs (C(OH)–C–C–N with tert-alkyl or cyclic N) is 1. The average molecular weight is 283 g/mol. The second kappa shape index (κ2) is 5.39. The van der Waals surface area contributed by atoms with E-state index in [4.69, 9.17) is 11.6 Å². The van der Waals surface area contributed by atoms with Crippen LogP contribution >= 0.6 is 11.6 Å². The van der Waals surface area contributed by atoms with Crippen molar-refractivity contribution in [3.8, 4) is 0 Å². The lowest BCUT2D eigenvalue weighted by molar-refractivity contribution is -0.000634. The van der Waals surface area contributed by atoms with Gasteiger partial charge < -0.3 is 15.3 Å². The normalized spacial score (nSPS) is 23.3. The molecule has 104 valence electrons. The van der Waals surface area contributed by atoms with Gasteiger partial charge in [0.1, 0.15) is 0 Å². The molecule has 19 heavy (non-hydrogen) atoms. The number of urea groups is 1. The Hall–Kier alpha value is -1.26. The zero-order valence-electron chi connectivity index (χ0n) is 11.2. The van der Waals surface area contributed by atoms with Crippen LogP contribution in [0.15, 0.2) is 18.2 Å². The third-order valence-electron chi connectivity index (χ3n) is 3.39. The van der Waals surface area contributed by atoms with Crippen LogP contribution in [0.5, 0.6) is 0 Å². The molecule has 2 N–H and O–H groups in total. The Morgan fingerprint density at radius 3 is 2.89 bits per heavy atom. The van der Waals surface area contributed by atoms with E-state index in [0.29, 0.717) is 23.8 Å². The molecular formula is C14H19ClN2O2. The molecule has 1 aliphatic rings. The van der Waals surface area contributed by atoms with Gasteiger partial charge in [0.2, 0.25) is 0 Å². The predicted molar refractivity (Wildman–Crippen MR) is 76.6 cm³/mol. The molecule has 1 saturated heterocycles. The van der Waals surface area contributed by atoms with Crippen LogP contribution in [0.3, 0.4) is 0 Å². The van der Waals surface area contributed by atoms with Gasteiger partial charge in [-0.25, -0.2) is 4.79 Å². The molecule has 1 aromatic carbocycles. The summed E-state index contributed by atoms with van der Waals surface area (Å²) in [6.07, 6.45) is 1.54. The molecule has 0 bridgehead atoms. The predicted octanol–water partition coefficient (Wildman–Crippen LogP) is 3.03. The van der Waals surface area contributed by atoms with Crippen molar-refractivity contribution in [1.29, 1.82) is 0 Å².